The molecule has 1 amide bonds. The SMILES string of the molecule is C=CCOc1ccc(-c2nn(-c3ccccc3)cc2/C=C2\SC(=S)N(CCC)C2=O)cc1. The summed E-state index contributed by atoms with van der Waals surface area (Å²) in [6, 6.07) is 17.6. The van der Waals surface area contributed by atoms with Crippen molar-refractivity contribution in [3.8, 4) is 22.7 Å². The number of para-hydroxylation sites is 1. The summed E-state index contributed by atoms with van der Waals surface area (Å²) in [6.45, 7) is 6.79. The third kappa shape index (κ3) is 4.69. The molecule has 0 unspecified atom stereocenters. The minimum absolute atomic E-state index is 0.0477. The predicted molar refractivity (Wildman–Crippen MR) is 135 cm³/mol. The lowest BCUT2D eigenvalue weighted by Gasteiger charge is -2.11. The number of rotatable bonds is 8. The van der Waals surface area contributed by atoms with Crippen LogP contribution in [0, 0.1) is 0 Å². The molecule has 0 aliphatic carbocycles. The monoisotopic (exact) mass is 461 g/mol. The summed E-state index contributed by atoms with van der Waals surface area (Å²) < 4.78 is 8.03. The molecule has 2 aromatic carbocycles. The van der Waals surface area contributed by atoms with Gasteiger partial charge in [0, 0.05) is 23.9 Å². The van der Waals surface area contributed by atoms with Crippen LogP contribution in [0.5, 0.6) is 5.75 Å². The van der Waals surface area contributed by atoms with Gasteiger partial charge in [0.05, 0.1) is 16.3 Å². The van der Waals surface area contributed by atoms with E-state index in [2.05, 4.69) is 6.58 Å². The van der Waals surface area contributed by atoms with Crippen molar-refractivity contribution in [1.29, 1.82) is 0 Å². The number of amides is 1. The normalized spacial score (nSPS) is 14.9. The Morgan fingerprint density at radius 2 is 1.91 bits per heavy atom. The Bertz CT molecular complexity index is 1170. The Balaban J connectivity index is 1.74. The lowest BCUT2D eigenvalue weighted by atomic mass is 10.1. The van der Waals surface area contributed by atoms with Crippen molar-refractivity contribution >= 4 is 40.3 Å². The second-order valence-corrected chi connectivity index (χ2v) is 8.85. The fourth-order valence-corrected chi connectivity index (χ4v) is 4.65. The smallest absolute Gasteiger partial charge is 0.266 e. The molecule has 1 aliphatic rings. The zero-order chi connectivity index (χ0) is 22.5. The molecular weight excluding hydrogens is 438 g/mol. The Hall–Kier alpha value is -3.16. The second-order valence-electron chi connectivity index (χ2n) is 7.17. The molecule has 2 heterocycles. The molecule has 3 aromatic rings. The van der Waals surface area contributed by atoms with Crippen LogP contribution >= 0.6 is 24.0 Å². The van der Waals surface area contributed by atoms with E-state index < -0.39 is 0 Å². The van der Waals surface area contributed by atoms with Crippen LogP contribution in [-0.2, 0) is 4.79 Å². The highest BCUT2D eigenvalue weighted by atomic mass is 32.2. The molecule has 0 atom stereocenters. The number of benzene rings is 2. The molecular formula is C25H23N3O2S2. The third-order valence-corrected chi connectivity index (χ3v) is 6.24. The topological polar surface area (TPSA) is 47.4 Å². The van der Waals surface area contributed by atoms with Crippen LogP contribution in [0.15, 0.2) is 78.4 Å². The van der Waals surface area contributed by atoms with E-state index in [-0.39, 0.29) is 5.91 Å². The highest BCUT2D eigenvalue weighted by Crippen LogP contribution is 2.35. The van der Waals surface area contributed by atoms with Crippen LogP contribution in [0.4, 0.5) is 0 Å². The standard InChI is InChI=1S/C25H23N3O2S2/c1-3-14-27-24(29)22(32-25(27)31)16-19-17-28(20-8-6-5-7-9-20)26-23(19)18-10-12-21(13-11-18)30-15-4-2/h4-13,16-17H,2-3,14-15H2,1H3/b22-16-. The molecule has 1 aliphatic heterocycles. The Labute approximate surface area is 197 Å². The minimum Gasteiger partial charge on any atom is -0.490 e. The minimum atomic E-state index is -0.0477. The molecule has 0 saturated carbocycles. The number of thioether (sulfide) groups is 1. The van der Waals surface area contributed by atoms with Crippen molar-refractivity contribution in [2.24, 2.45) is 0 Å². The van der Waals surface area contributed by atoms with E-state index in [0.717, 1.165) is 34.7 Å². The maximum Gasteiger partial charge on any atom is 0.266 e. The molecule has 0 bridgehead atoms. The van der Waals surface area contributed by atoms with Crippen molar-refractivity contribution in [3.63, 3.8) is 0 Å². The van der Waals surface area contributed by atoms with E-state index in [9.17, 15) is 4.79 Å². The zero-order valence-electron chi connectivity index (χ0n) is 17.7. The summed E-state index contributed by atoms with van der Waals surface area (Å²) in [4.78, 5) is 15.2. The fourth-order valence-electron chi connectivity index (χ4n) is 3.35. The van der Waals surface area contributed by atoms with E-state index in [4.69, 9.17) is 22.1 Å². The van der Waals surface area contributed by atoms with Gasteiger partial charge in [-0.2, -0.15) is 5.10 Å². The summed E-state index contributed by atoms with van der Waals surface area (Å²) in [7, 11) is 0. The van der Waals surface area contributed by atoms with Crippen LogP contribution in [0.3, 0.4) is 0 Å². The van der Waals surface area contributed by atoms with Gasteiger partial charge < -0.3 is 4.74 Å². The molecule has 1 fully saturated rings. The first kappa shape index (κ1) is 22.0. The first-order valence-corrected chi connectivity index (χ1v) is 11.6. The number of ether oxygens (including phenoxy) is 1. The lowest BCUT2D eigenvalue weighted by Crippen LogP contribution is -2.28. The van der Waals surface area contributed by atoms with Gasteiger partial charge in [0.2, 0.25) is 0 Å². The summed E-state index contributed by atoms with van der Waals surface area (Å²) in [5, 5.41) is 4.83. The van der Waals surface area contributed by atoms with E-state index in [0.29, 0.717) is 22.4 Å². The Morgan fingerprint density at radius 1 is 1.16 bits per heavy atom. The van der Waals surface area contributed by atoms with Gasteiger partial charge in [0.25, 0.3) is 5.91 Å². The van der Waals surface area contributed by atoms with Gasteiger partial charge in [0.15, 0.2) is 0 Å². The van der Waals surface area contributed by atoms with Crippen molar-refractivity contribution in [1.82, 2.24) is 14.7 Å². The predicted octanol–water partition coefficient (Wildman–Crippen LogP) is 5.72. The maximum absolute atomic E-state index is 12.9. The van der Waals surface area contributed by atoms with E-state index in [1.807, 2.05) is 78.5 Å². The summed E-state index contributed by atoms with van der Waals surface area (Å²) in [5.74, 6) is 0.714. The van der Waals surface area contributed by atoms with Gasteiger partial charge in [-0.15, -0.1) is 0 Å². The van der Waals surface area contributed by atoms with Crippen LogP contribution in [0.2, 0.25) is 0 Å². The second kappa shape index (κ2) is 9.97. The average molecular weight is 462 g/mol. The summed E-state index contributed by atoms with van der Waals surface area (Å²) in [6.07, 6.45) is 6.40. The molecule has 1 saturated heterocycles. The zero-order valence-corrected chi connectivity index (χ0v) is 19.4. The van der Waals surface area contributed by atoms with Crippen molar-refractivity contribution in [2.45, 2.75) is 13.3 Å². The van der Waals surface area contributed by atoms with Crippen LogP contribution in [-0.4, -0.2) is 38.1 Å². The first-order chi connectivity index (χ1) is 15.6. The quantitative estimate of drug-likeness (QED) is 0.244. The molecule has 32 heavy (non-hydrogen) atoms. The van der Waals surface area contributed by atoms with E-state index in [1.165, 1.54) is 11.8 Å². The molecule has 4 rings (SSSR count). The summed E-state index contributed by atoms with van der Waals surface area (Å²) in [5.41, 5.74) is 3.51. The number of nitrogens with zero attached hydrogens (tertiary/aromatic N) is 3. The van der Waals surface area contributed by atoms with Gasteiger partial charge >= 0.3 is 0 Å². The molecule has 0 radical (unpaired) electrons. The molecule has 7 heteroatoms. The fraction of sp³-hybridized carbons (Fsp3) is 0.160. The van der Waals surface area contributed by atoms with E-state index in [1.54, 1.807) is 11.0 Å². The average Bonchev–Trinajstić information content (AvgIpc) is 3.35. The van der Waals surface area contributed by atoms with Gasteiger partial charge in [-0.25, -0.2) is 4.68 Å². The molecule has 5 nitrogen and oxygen atoms in total. The molecule has 0 N–H and O–H groups in total. The maximum atomic E-state index is 12.9. The number of hydrogen-bond acceptors (Lipinski definition) is 5. The Morgan fingerprint density at radius 3 is 2.59 bits per heavy atom. The number of carbonyl (C=O) groups excluding carboxylic acids is 1. The van der Waals surface area contributed by atoms with Gasteiger partial charge in [-0.1, -0.05) is 61.8 Å². The highest BCUT2D eigenvalue weighted by Gasteiger charge is 2.31. The van der Waals surface area contributed by atoms with Gasteiger partial charge in [-0.05, 0) is 48.9 Å². The first-order valence-electron chi connectivity index (χ1n) is 10.3. The Kier molecular flexibility index (Phi) is 6.87. The number of hydrogen-bond donors (Lipinski definition) is 0. The third-order valence-electron chi connectivity index (χ3n) is 4.87. The van der Waals surface area contributed by atoms with Crippen LogP contribution < -0.4 is 4.74 Å². The number of carbonyl (C=O) groups is 1. The lowest BCUT2D eigenvalue weighted by molar-refractivity contribution is -0.122. The molecule has 162 valence electrons. The van der Waals surface area contributed by atoms with Crippen LogP contribution in [0.1, 0.15) is 18.9 Å². The number of aromatic nitrogens is 2. The van der Waals surface area contributed by atoms with E-state index >= 15 is 0 Å². The highest BCUT2D eigenvalue weighted by molar-refractivity contribution is 8.26. The van der Waals surface area contributed by atoms with Crippen molar-refractivity contribution < 1.29 is 9.53 Å². The largest absolute Gasteiger partial charge is 0.490 e. The van der Waals surface area contributed by atoms with Gasteiger partial charge in [-0.3, -0.25) is 9.69 Å². The van der Waals surface area contributed by atoms with Crippen molar-refractivity contribution in [3.05, 3.63) is 83.9 Å². The summed E-state index contributed by atoms with van der Waals surface area (Å²) >= 11 is 6.76. The van der Waals surface area contributed by atoms with Gasteiger partial charge in [0.1, 0.15) is 16.7 Å². The van der Waals surface area contributed by atoms with Crippen molar-refractivity contribution in [2.75, 3.05) is 13.2 Å². The molecule has 1 aromatic heterocycles. The number of thiocarbonyl (C=S) groups is 1. The van der Waals surface area contributed by atoms with Crippen LogP contribution in [0.25, 0.3) is 23.0 Å². The molecule has 0 spiro atoms.